The Bertz CT molecular complexity index is 478. The fraction of sp³-hybridized carbons (Fsp3) is 0.333. The van der Waals surface area contributed by atoms with E-state index in [2.05, 4.69) is 48.1 Å². The second-order valence-corrected chi connectivity index (χ2v) is 5.11. The first-order valence-corrected chi connectivity index (χ1v) is 5.53. The molecule has 0 atom stereocenters. The second-order valence-electron chi connectivity index (χ2n) is 4.75. The van der Waals surface area contributed by atoms with Crippen molar-refractivity contribution in [1.29, 1.82) is 0 Å². The summed E-state index contributed by atoms with van der Waals surface area (Å²) in [5.74, 6) is 0.602. The van der Waals surface area contributed by atoms with Gasteiger partial charge in [-0.25, -0.2) is 0 Å². The zero-order chi connectivity index (χ0) is 11.8. The van der Waals surface area contributed by atoms with Crippen LogP contribution in [0.4, 0.5) is 0 Å². The van der Waals surface area contributed by atoms with Crippen LogP contribution in [0, 0.1) is 0 Å². The molecule has 2 rings (SSSR count). The van der Waals surface area contributed by atoms with Crippen molar-refractivity contribution in [1.82, 2.24) is 0 Å². The third kappa shape index (κ3) is 2.22. The molecule has 16 heavy (non-hydrogen) atoms. The number of aliphatic imine (C=N–C) groups is 1. The number of nitrogens with zero attached hydrogens (tertiary/aromatic N) is 3. The van der Waals surface area contributed by atoms with Crippen molar-refractivity contribution in [2.45, 2.75) is 26.2 Å². The van der Waals surface area contributed by atoms with Crippen molar-refractivity contribution in [3.05, 3.63) is 35.4 Å². The van der Waals surface area contributed by atoms with Crippen LogP contribution in [0.3, 0.4) is 0 Å². The summed E-state index contributed by atoms with van der Waals surface area (Å²) in [6.07, 6.45) is 0. The van der Waals surface area contributed by atoms with Gasteiger partial charge in [-0.1, -0.05) is 45.0 Å². The molecule has 3 nitrogen and oxygen atoms in total. The number of amidine groups is 1. The van der Waals surface area contributed by atoms with Gasteiger partial charge in [0.1, 0.15) is 0 Å². The van der Waals surface area contributed by atoms with Gasteiger partial charge in [-0.2, -0.15) is 4.99 Å². The average molecular weight is 231 g/mol. The lowest BCUT2D eigenvalue weighted by atomic mass is 9.87. The zero-order valence-corrected chi connectivity index (χ0v) is 10.4. The fourth-order valence-electron chi connectivity index (χ4n) is 1.47. The van der Waals surface area contributed by atoms with Gasteiger partial charge in [0, 0.05) is 5.56 Å². The first-order valence-electron chi connectivity index (χ1n) is 5.12. The van der Waals surface area contributed by atoms with Gasteiger partial charge in [-0.15, -0.1) is 10.2 Å². The smallest absolute Gasteiger partial charge is 0.195 e. The minimum absolute atomic E-state index is 0.160. The van der Waals surface area contributed by atoms with Crippen LogP contribution in [-0.2, 0) is 5.41 Å². The number of hydrogen-bond donors (Lipinski definition) is 0. The lowest BCUT2D eigenvalue weighted by Gasteiger charge is -2.18. The van der Waals surface area contributed by atoms with E-state index in [1.54, 1.807) is 0 Å². The highest BCUT2D eigenvalue weighted by molar-refractivity contribution is 7.80. The number of benzene rings is 1. The summed E-state index contributed by atoms with van der Waals surface area (Å²) in [5, 5.41) is 7.93. The molecule has 0 radical (unpaired) electrons. The van der Waals surface area contributed by atoms with Gasteiger partial charge < -0.3 is 0 Å². The Morgan fingerprint density at radius 3 is 2.06 bits per heavy atom. The summed E-state index contributed by atoms with van der Waals surface area (Å²) in [7, 11) is 0. The predicted molar refractivity (Wildman–Crippen MR) is 69.1 cm³/mol. The number of thiocarbonyl (C=S) groups is 1. The predicted octanol–water partition coefficient (Wildman–Crippen LogP) is 3.48. The summed E-state index contributed by atoms with van der Waals surface area (Å²) in [5.41, 5.74) is 2.40. The van der Waals surface area contributed by atoms with E-state index in [4.69, 9.17) is 12.2 Å². The van der Waals surface area contributed by atoms with Crippen LogP contribution in [0.15, 0.2) is 39.5 Å². The third-order valence-electron chi connectivity index (χ3n) is 2.44. The van der Waals surface area contributed by atoms with Gasteiger partial charge in [0.2, 0.25) is 5.11 Å². The van der Waals surface area contributed by atoms with Crippen LogP contribution < -0.4 is 0 Å². The molecule has 0 spiro atoms. The van der Waals surface area contributed by atoms with Crippen molar-refractivity contribution in [3.8, 4) is 0 Å². The Morgan fingerprint density at radius 2 is 1.62 bits per heavy atom. The fourth-order valence-corrected chi connectivity index (χ4v) is 1.59. The van der Waals surface area contributed by atoms with Crippen LogP contribution in [0.25, 0.3) is 0 Å². The van der Waals surface area contributed by atoms with Gasteiger partial charge in [-0.05, 0) is 23.2 Å². The van der Waals surface area contributed by atoms with Crippen LogP contribution >= 0.6 is 12.2 Å². The van der Waals surface area contributed by atoms with Crippen LogP contribution in [-0.4, -0.2) is 10.9 Å². The first-order chi connectivity index (χ1) is 7.47. The lowest BCUT2D eigenvalue weighted by Crippen LogP contribution is -2.11. The van der Waals surface area contributed by atoms with E-state index >= 15 is 0 Å². The van der Waals surface area contributed by atoms with E-state index in [9.17, 15) is 0 Å². The molecule has 0 fully saturated rings. The molecule has 1 aromatic carbocycles. The van der Waals surface area contributed by atoms with Crippen molar-refractivity contribution in [3.63, 3.8) is 0 Å². The van der Waals surface area contributed by atoms with Gasteiger partial charge >= 0.3 is 0 Å². The number of hydrogen-bond acceptors (Lipinski definition) is 2. The maximum absolute atomic E-state index is 4.83. The zero-order valence-electron chi connectivity index (χ0n) is 9.56. The van der Waals surface area contributed by atoms with E-state index in [1.807, 2.05) is 12.1 Å². The topological polar surface area (TPSA) is 37.1 Å². The van der Waals surface area contributed by atoms with E-state index in [-0.39, 0.29) is 5.41 Å². The molecule has 4 heteroatoms. The highest BCUT2D eigenvalue weighted by atomic mass is 32.1. The molecule has 0 saturated heterocycles. The second kappa shape index (κ2) is 3.87. The highest BCUT2D eigenvalue weighted by Crippen LogP contribution is 2.22. The molecular weight excluding hydrogens is 218 g/mol. The van der Waals surface area contributed by atoms with Gasteiger partial charge in [-0.3, -0.25) is 0 Å². The molecule has 0 aromatic heterocycles. The van der Waals surface area contributed by atoms with Crippen molar-refractivity contribution < 1.29 is 0 Å². The Morgan fingerprint density at radius 1 is 1.00 bits per heavy atom. The Kier molecular flexibility index (Phi) is 2.68. The van der Waals surface area contributed by atoms with Crippen LogP contribution in [0.5, 0.6) is 0 Å². The normalized spacial score (nSPS) is 15.4. The third-order valence-corrected chi connectivity index (χ3v) is 2.61. The maximum atomic E-state index is 4.83. The highest BCUT2D eigenvalue weighted by Gasteiger charge is 2.15. The molecule has 0 bridgehead atoms. The van der Waals surface area contributed by atoms with Gasteiger partial charge in [0.05, 0.1) is 0 Å². The van der Waals surface area contributed by atoms with E-state index in [1.165, 1.54) is 5.56 Å². The van der Waals surface area contributed by atoms with Crippen molar-refractivity contribution in [2.75, 3.05) is 0 Å². The molecule has 1 aliphatic heterocycles. The number of azo groups is 1. The first kappa shape index (κ1) is 11.1. The monoisotopic (exact) mass is 231 g/mol. The average Bonchev–Trinajstić information content (AvgIpc) is 2.64. The minimum Gasteiger partial charge on any atom is -0.195 e. The minimum atomic E-state index is 0.160. The van der Waals surface area contributed by atoms with E-state index < -0.39 is 0 Å². The molecule has 1 heterocycles. The van der Waals surface area contributed by atoms with Gasteiger partial charge in [0.15, 0.2) is 5.84 Å². The van der Waals surface area contributed by atoms with Crippen LogP contribution in [0.1, 0.15) is 31.9 Å². The molecule has 1 aliphatic rings. The quantitative estimate of drug-likeness (QED) is 0.682. The van der Waals surface area contributed by atoms with Gasteiger partial charge in [0.25, 0.3) is 0 Å². The molecule has 0 amide bonds. The summed E-state index contributed by atoms with van der Waals surface area (Å²) < 4.78 is 0. The Hall–Kier alpha value is -1.42. The lowest BCUT2D eigenvalue weighted by molar-refractivity contribution is 0.590. The Labute approximate surface area is 100 Å². The summed E-state index contributed by atoms with van der Waals surface area (Å²) in [6.45, 7) is 6.55. The SMILES string of the molecule is CC(C)(C)c1ccc(C2=NC(=S)N=N2)cc1. The molecule has 1 aromatic rings. The molecule has 0 N–H and O–H groups in total. The Balaban J connectivity index is 2.31. The summed E-state index contributed by atoms with van der Waals surface area (Å²) >= 11 is 4.83. The van der Waals surface area contributed by atoms with Crippen LogP contribution in [0.2, 0.25) is 0 Å². The maximum Gasteiger partial charge on any atom is 0.242 e. The van der Waals surface area contributed by atoms with Crippen molar-refractivity contribution in [2.24, 2.45) is 15.2 Å². The van der Waals surface area contributed by atoms with E-state index in [0.717, 1.165) is 5.56 Å². The van der Waals surface area contributed by atoms with Crippen molar-refractivity contribution >= 4 is 23.2 Å². The number of rotatable bonds is 1. The molecular formula is C12H13N3S. The largest absolute Gasteiger partial charge is 0.242 e. The molecule has 0 aliphatic carbocycles. The molecule has 0 unspecified atom stereocenters. The summed E-state index contributed by atoms with van der Waals surface area (Å²) in [6, 6.07) is 8.20. The van der Waals surface area contributed by atoms with E-state index in [0.29, 0.717) is 10.9 Å². The molecule has 0 saturated carbocycles. The summed E-state index contributed by atoms with van der Waals surface area (Å²) in [4.78, 5) is 4.07. The molecule has 82 valence electrons. The standard InChI is InChI=1S/C12H13N3S/c1-12(2,3)9-6-4-8(5-7-9)10-13-11(16)15-14-10/h4-7H,1-3H3.